The molecule has 5 rings (SSSR count). The second-order valence-corrected chi connectivity index (χ2v) is 11.6. The lowest BCUT2D eigenvalue weighted by Gasteiger charge is -2.38. The van der Waals surface area contributed by atoms with E-state index >= 15 is 0 Å². The molecule has 9 heteroatoms. The molecule has 0 bridgehead atoms. The summed E-state index contributed by atoms with van der Waals surface area (Å²) in [5.41, 5.74) is 3.41. The molecular weight excluding hydrogens is 539 g/mol. The smallest absolute Gasteiger partial charge is 0.270 e. The quantitative estimate of drug-likeness (QED) is 0.300. The van der Waals surface area contributed by atoms with Crippen LogP contribution in [-0.2, 0) is 24.4 Å². The highest BCUT2D eigenvalue weighted by atomic mass is 32.2. The summed E-state index contributed by atoms with van der Waals surface area (Å²) < 4.78 is 2.17. The first-order chi connectivity index (χ1) is 19.4. The van der Waals surface area contributed by atoms with E-state index < -0.39 is 0 Å². The van der Waals surface area contributed by atoms with Crippen LogP contribution in [0.5, 0.6) is 0 Å². The Kier molecular flexibility index (Phi) is 8.50. The van der Waals surface area contributed by atoms with Gasteiger partial charge in [-0.15, -0.1) is 0 Å². The number of benzene rings is 2. The highest BCUT2D eigenvalue weighted by Gasteiger charge is 2.33. The van der Waals surface area contributed by atoms with Crippen LogP contribution < -0.4 is 10.5 Å². The lowest BCUT2D eigenvalue weighted by Crippen LogP contribution is -2.48. The number of aromatic nitrogens is 1. The molecule has 1 amide bonds. The fourth-order valence-corrected chi connectivity index (χ4v) is 6.51. The molecule has 2 aliphatic rings. The van der Waals surface area contributed by atoms with Crippen LogP contribution in [0.3, 0.4) is 0 Å². The Morgan fingerprint density at radius 2 is 1.55 bits per heavy atom. The van der Waals surface area contributed by atoms with E-state index in [9.17, 15) is 14.9 Å². The molecule has 204 valence electrons. The average Bonchev–Trinajstić information content (AvgIpc) is 3.23. The van der Waals surface area contributed by atoms with E-state index in [1.54, 1.807) is 16.4 Å². The maximum Gasteiger partial charge on any atom is 0.270 e. The molecule has 7 nitrogen and oxygen atoms in total. The average molecular weight is 570 g/mol. The van der Waals surface area contributed by atoms with Gasteiger partial charge in [0, 0.05) is 44.8 Å². The molecule has 0 atom stereocenters. The number of thioether (sulfide) groups is 1. The van der Waals surface area contributed by atoms with Gasteiger partial charge in [-0.1, -0.05) is 84.6 Å². The van der Waals surface area contributed by atoms with Gasteiger partial charge in [-0.05, 0) is 36.6 Å². The summed E-state index contributed by atoms with van der Waals surface area (Å²) in [6.07, 6.45) is 1.83. The van der Waals surface area contributed by atoms with Crippen molar-refractivity contribution in [2.24, 2.45) is 0 Å². The number of nitrogens with zero attached hydrogens (tertiary/aromatic N) is 5. The molecule has 0 N–H and O–H groups in total. The molecule has 0 spiro atoms. The fraction of sp³-hybridized carbons (Fsp3) is 0.290. The van der Waals surface area contributed by atoms with E-state index in [0.717, 1.165) is 49.7 Å². The van der Waals surface area contributed by atoms with Gasteiger partial charge in [-0.2, -0.15) is 5.26 Å². The first-order valence-corrected chi connectivity index (χ1v) is 14.6. The van der Waals surface area contributed by atoms with Crippen LogP contribution in [0.2, 0.25) is 0 Å². The number of pyridine rings is 1. The minimum absolute atomic E-state index is 0.110. The van der Waals surface area contributed by atoms with E-state index in [4.69, 9.17) is 12.2 Å². The van der Waals surface area contributed by atoms with Gasteiger partial charge in [0.05, 0.1) is 11.4 Å². The fourth-order valence-electron chi connectivity index (χ4n) is 5.27. The van der Waals surface area contributed by atoms with Crippen molar-refractivity contribution in [3.63, 3.8) is 0 Å². The number of piperazine rings is 1. The Morgan fingerprint density at radius 3 is 2.12 bits per heavy atom. The van der Waals surface area contributed by atoms with Gasteiger partial charge in [0.15, 0.2) is 0 Å². The van der Waals surface area contributed by atoms with Gasteiger partial charge < -0.3 is 4.90 Å². The van der Waals surface area contributed by atoms with E-state index in [2.05, 4.69) is 40.1 Å². The number of nitriles is 1. The number of carbonyl (C=O) groups is 1. The maximum atomic E-state index is 13.5. The predicted molar refractivity (Wildman–Crippen MR) is 165 cm³/mol. The summed E-state index contributed by atoms with van der Waals surface area (Å²) in [6, 6.07) is 22.3. The van der Waals surface area contributed by atoms with Crippen molar-refractivity contribution in [1.82, 2.24) is 14.4 Å². The molecular formula is C31H31N5O2S2. The third-order valence-corrected chi connectivity index (χ3v) is 8.79. The van der Waals surface area contributed by atoms with Crippen LogP contribution in [0.25, 0.3) is 6.08 Å². The molecule has 3 heterocycles. The Hall–Kier alpha value is -3.71. The number of anilines is 1. The maximum absolute atomic E-state index is 13.5. The Bertz CT molecular complexity index is 1550. The standard InChI is InChI=1S/C31H31N5O2S2/c1-3-35-28(34-16-14-33(15-17-34)20-23-10-6-4-7-11-23)25(22(2)26(19-32)29(35)37)18-27-30(38)36(31(39)40-27)21-24-12-8-5-9-13-24/h4-13,18H,3,14-17,20-21H2,1-2H3. The summed E-state index contributed by atoms with van der Waals surface area (Å²) in [6.45, 7) is 8.54. The molecule has 3 aromatic rings. The van der Waals surface area contributed by atoms with Gasteiger partial charge in [0.2, 0.25) is 0 Å². The Morgan fingerprint density at radius 1 is 0.950 bits per heavy atom. The zero-order valence-corrected chi connectivity index (χ0v) is 24.3. The first kappa shape index (κ1) is 27.8. The summed E-state index contributed by atoms with van der Waals surface area (Å²) >= 11 is 6.85. The second-order valence-electron chi connectivity index (χ2n) is 9.90. The zero-order chi connectivity index (χ0) is 28.2. The minimum atomic E-state index is -0.294. The minimum Gasteiger partial charge on any atom is -0.355 e. The molecule has 2 aromatic carbocycles. The van der Waals surface area contributed by atoms with E-state index in [0.29, 0.717) is 27.9 Å². The van der Waals surface area contributed by atoms with Crippen LogP contribution in [0, 0.1) is 18.3 Å². The molecule has 1 aromatic heterocycles. The first-order valence-electron chi connectivity index (χ1n) is 13.4. The SMILES string of the molecule is CCn1c(N2CCN(Cc3ccccc3)CC2)c(C=C2SC(=S)N(Cc3ccccc3)C2=O)c(C)c(C#N)c1=O. The van der Waals surface area contributed by atoms with Gasteiger partial charge in [-0.25, -0.2) is 0 Å². The number of hydrogen-bond acceptors (Lipinski definition) is 7. The number of carbonyl (C=O) groups excluding carboxylic acids is 1. The van der Waals surface area contributed by atoms with Crippen molar-refractivity contribution in [1.29, 1.82) is 5.26 Å². The number of rotatable bonds is 7. The van der Waals surface area contributed by atoms with Crippen molar-refractivity contribution < 1.29 is 4.79 Å². The van der Waals surface area contributed by atoms with Crippen molar-refractivity contribution in [3.05, 3.63) is 104 Å². The monoisotopic (exact) mass is 569 g/mol. The normalized spacial score (nSPS) is 17.1. The van der Waals surface area contributed by atoms with Crippen LogP contribution in [-0.4, -0.2) is 50.8 Å². The molecule has 0 saturated carbocycles. The Balaban J connectivity index is 1.48. The van der Waals surface area contributed by atoms with Crippen molar-refractivity contribution in [3.8, 4) is 6.07 Å². The molecule has 2 saturated heterocycles. The summed E-state index contributed by atoms with van der Waals surface area (Å²) in [5, 5.41) is 9.88. The van der Waals surface area contributed by atoms with Gasteiger partial charge in [0.25, 0.3) is 11.5 Å². The van der Waals surface area contributed by atoms with Crippen LogP contribution in [0.4, 0.5) is 5.82 Å². The van der Waals surface area contributed by atoms with Crippen LogP contribution in [0.15, 0.2) is 70.4 Å². The third-order valence-electron chi connectivity index (χ3n) is 7.42. The van der Waals surface area contributed by atoms with Crippen molar-refractivity contribution in [2.75, 3.05) is 31.1 Å². The number of hydrogen-bond donors (Lipinski definition) is 0. The molecule has 0 aliphatic carbocycles. The summed E-state index contributed by atoms with van der Waals surface area (Å²) in [7, 11) is 0. The van der Waals surface area contributed by atoms with E-state index in [1.165, 1.54) is 17.3 Å². The summed E-state index contributed by atoms with van der Waals surface area (Å²) in [5.74, 6) is 0.598. The van der Waals surface area contributed by atoms with Crippen molar-refractivity contribution >= 4 is 46.1 Å². The molecule has 0 unspecified atom stereocenters. The predicted octanol–water partition coefficient (Wildman–Crippen LogP) is 4.77. The van der Waals surface area contributed by atoms with Gasteiger partial charge >= 0.3 is 0 Å². The molecule has 2 fully saturated rings. The molecule has 0 radical (unpaired) electrons. The van der Waals surface area contributed by atoms with Crippen LogP contribution in [0.1, 0.15) is 34.7 Å². The lowest BCUT2D eigenvalue weighted by molar-refractivity contribution is -0.122. The number of thiocarbonyl (C=S) groups is 1. The zero-order valence-electron chi connectivity index (χ0n) is 22.7. The van der Waals surface area contributed by atoms with Gasteiger partial charge in [0.1, 0.15) is 21.8 Å². The highest BCUT2D eigenvalue weighted by Crippen LogP contribution is 2.36. The Labute approximate surface area is 244 Å². The second kappa shape index (κ2) is 12.2. The summed E-state index contributed by atoms with van der Waals surface area (Å²) in [4.78, 5) is 33.6. The lowest BCUT2D eigenvalue weighted by atomic mass is 10.0. The van der Waals surface area contributed by atoms with E-state index in [1.807, 2.05) is 49.4 Å². The molecule has 40 heavy (non-hydrogen) atoms. The largest absolute Gasteiger partial charge is 0.355 e. The third kappa shape index (κ3) is 5.61. The topological polar surface area (TPSA) is 72.6 Å². The van der Waals surface area contributed by atoms with Crippen LogP contribution >= 0.6 is 24.0 Å². The highest BCUT2D eigenvalue weighted by molar-refractivity contribution is 8.26. The number of amides is 1. The van der Waals surface area contributed by atoms with Crippen molar-refractivity contribution in [2.45, 2.75) is 33.5 Å². The van der Waals surface area contributed by atoms with Gasteiger partial charge in [-0.3, -0.25) is 24.0 Å². The van der Waals surface area contributed by atoms with E-state index in [-0.39, 0.29) is 17.0 Å². The molecule has 2 aliphatic heterocycles.